The van der Waals surface area contributed by atoms with E-state index in [1.807, 2.05) is 36.1 Å². The molecule has 3 aromatic rings. The molecule has 2 aliphatic rings. The number of aryl methyl sites for hydroxylation is 1. The highest BCUT2D eigenvalue weighted by Crippen LogP contribution is 2.26. The van der Waals surface area contributed by atoms with Crippen LogP contribution >= 0.6 is 0 Å². The van der Waals surface area contributed by atoms with Gasteiger partial charge in [-0.1, -0.05) is 12.1 Å². The molecule has 0 radical (unpaired) electrons. The van der Waals surface area contributed by atoms with E-state index in [9.17, 15) is 9.59 Å². The van der Waals surface area contributed by atoms with Crippen LogP contribution in [-0.2, 0) is 19.5 Å². The number of methoxy groups -OCH3 is 1. The van der Waals surface area contributed by atoms with Gasteiger partial charge in [0.2, 0.25) is 0 Å². The highest BCUT2D eigenvalue weighted by molar-refractivity contribution is 5.98. The number of carbonyl (C=O) groups excluding carboxylic acids is 1. The number of fused-ring (bicyclic) bond motifs is 2. The summed E-state index contributed by atoms with van der Waals surface area (Å²) in [6, 6.07) is 9.35. The highest BCUT2D eigenvalue weighted by Gasteiger charge is 2.29. The Bertz CT molecular complexity index is 1260. The van der Waals surface area contributed by atoms with Crippen LogP contribution in [0.1, 0.15) is 40.3 Å². The Kier molecular flexibility index (Phi) is 5.85. The van der Waals surface area contributed by atoms with Gasteiger partial charge in [0.1, 0.15) is 11.3 Å². The molecule has 0 bridgehead atoms. The zero-order chi connectivity index (χ0) is 22.9. The van der Waals surface area contributed by atoms with Crippen molar-refractivity contribution in [2.75, 3.05) is 33.3 Å². The number of aromatic nitrogens is 3. The van der Waals surface area contributed by atoms with Crippen LogP contribution < -0.4 is 10.3 Å². The first-order valence-electron chi connectivity index (χ1n) is 11.6. The molecular weight excluding hydrogens is 418 g/mol. The van der Waals surface area contributed by atoms with Crippen LogP contribution in [0.15, 0.2) is 35.1 Å². The maximum Gasteiger partial charge on any atom is 0.259 e. The Hall–Kier alpha value is -3.26. The van der Waals surface area contributed by atoms with Gasteiger partial charge in [0, 0.05) is 57.4 Å². The SMILES string of the molecule is COc1cc(=O)n2c(c1C(=O)N1CCCC1)CCN(Cc1nc3ccccc3nc1C)CC2. The first kappa shape index (κ1) is 21.6. The molecule has 0 unspecified atom stereocenters. The van der Waals surface area contributed by atoms with Crippen molar-refractivity contribution < 1.29 is 9.53 Å². The number of ether oxygens (including phenoxy) is 1. The summed E-state index contributed by atoms with van der Waals surface area (Å²) in [6.45, 7) is 6.10. The number of likely N-dealkylation sites (tertiary alicyclic amines) is 1. The fourth-order valence-electron chi connectivity index (χ4n) is 4.91. The molecule has 5 rings (SSSR count). The Morgan fingerprint density at radius 1 is 1.03 bits per heavy atom. The lowest BCUT2D eigenvalue weighted by Gasteiger charge is -2.21. The molecule has 0 N–H and O–H groups in total. The third-order valence-electron chi connectivity index (χ3n) is 6.73. The number of amides is 1. The Balaban J connectivity index is 1.44. The summed E-state index contributed by atoms with van der Waals surface area (Å²) >= 11 is 0. The lowest BCUT2D eigenvalue weighted by molar-refractivity contribution is 0.0787. The van der Waals surface area contributed by atoms with Crippen LogP contribution in [0.5, 0.6) is 5.75 Å². The van der Waals surface area contributed by atoms with Crippen LogP contribution in [-0.4, -0.2) is 63.5 Å². The average molecular weight is 448 g/mol. The summed E-state index contributed by atoms with van der Waals surface area (Å²) in [5.74, 6) is 0.352. The fraction of sp³-hybridized carbons (Fsp3) is 0.440. The minimum Gasteiger partial charge on any atom is -0.496 e. The Morgan fingerprint density at radius 3 is 2.48 bits per heavy atom. The van der Waals surface area contributed by atoms with E-state index in [4.69, 9.17) is 14.7 Å². The predicted octanol–water partition coefficient (Wildman–Crippen LogP) is 2.40. The Labute approximate surface area is 192 Å². The van der Waals surface area contributed by atoms with E-state index in [0.717, 1.165) is 60.6 Å². The lowest BCUT2D eigenvalue weighted by Crippen LogP contribution is -2.33. The van der Waals surface area contributed by atoms with Crippen molar-refractivity contribution in [3.05, 3.63) is 63.3 Å². The smallest absolute Gasteiger partial charge is 0.259 e. The van der Waals surface area contributed by atoms with E-state index in [0.29, 0.717) is 37.4 Å². The number of nitrogens with zero attached hydrogens (tertiary/aromatic N) is 5. The highest BCUT2D eigenvalue weighted by atomic mass is 16.5. The van der Waals surface area contributed by atoms with Gasteiger partial charge in [-0.15, -0.1) is 0 Å². The van der Waals surface area contributed by atoms with Gasteiger partial charge in [0.25, 0.3) is 11.5 Å². The van der Waals surface area contributed by atoms with E-state index < -0.39 is 0 Å². The molecule has 0 spiro atoms. The summed E-state index contributed by atoms with van der Waals surface area (Å²) in [6.07, 6.45) is 2.63. The number of hydrogen-bond donors (Lipinski definition) is 0. The van der Waals surface area contributed by atoms with Crippen LogP contribution in [0, 0.1) is 6.92 Å². The van der Waals surface area contributed by atoms with Gasteiger partial charge in [-0.2, -0.15) is 0 Å². The second-order valence-corrected chi connectivity index (χ2v) is 8.79. The van der Waals surface area contributed by atoms with Gasteiger partial charge >= 0.3 is 0 Å². The summed E-state index contributed by atoms with van der Waals surface area (Å²) in [5.41, 5.74) is 4.84. The van der Waals surface area contributed by atoms with Gasteiger partial charge in [0.05, 0.1) is 29.5 Å². The number of benzene rings is 1. The molecule has 8 nitrogen and oxygen atoms in total. The third kappa shape index (κ3) is 4.11. The van der Waals surface area contributed by atoms with Crippen molar-refractivity contribution in [1.29, 1.82) is 0 Å². The molecule has 2 aliphatic heterocycles. The molecule has 0 saturated carbocycles. The number of para-hydroxylation sites is 2. The van der Waals surface area contributed by atoms with Crippen molar-refractivity contribution in [3.63, 3.8) is 0 Å². The summed E-state index contributed by atoms with van der Waals surface area (Å²) in [5, 5.41) is 0. The molecule has 33 heavy (non-hydrogen) atoms. The molecule has 172 valence electrons. The van der Waals surface area contributed by atoms with Crippen molar-refractivity contribution >= 4 is 16.9 Å². The Morgan fingerprint density at radius 2 is 1.76 bits per heavy atom. The van der Waals surface area contributed by atoms with Crippen molar-refractivity contribution in [3.8, 4) is 5.75 Å². The van der Waals surface area contributed by atoms with E-state index in [2.05, 4.69) is 4.90 Å². The molecule has 4 heterocycles. The normalized spacial score (nSPS) is 16.6. The van der Waals surface area contributed by atoms with E-state index in [1.54, 1.807) is 4.57 Å². The van der Waals surface area contributed by atoms with Gasteiger partial charge in [0.15, 0.2) is 0 Å². The van der Waals surface area contributed by atoms with Crippen LogP contribution in [0.2, 0.25) is 0 Å². The maximum absolute atomic E-state index is 13.4. The zero-order valence-electron chi connectivity index (χ0n) is 19.2. The molecule has 1 aromatic carbocycles. The summed E-state index contributed by atoms with van der Waals surface area (Å²) in [4.78, 5) is 39.9. The second-order valence-electron chi connectivity index (χ2n) is 8.79. The van der Waals surface area contributed by atoms with E-state index in [1.165, 1.54) is 13.2 Å². The first-order valence-corrected chi connectivity index (χ1v) is 11.6. The van der Waals surface area contributed by atoms with Crippen molar-refractivity contribution in [2.45, 2.75) is 39.3 Å². The molecule has 1 fully saturated rings. The molecule has 0 aliphatic carbocycles. The molecular formula is C25H29N5O3. The molecule has 1 saturated heterocycles. The van der Waals surface area contributed by atoms with Crippen LogP contribution in [0.25, 0.3) is 11.0 Å². The van der Waals surface area contributed by atoms with Gasteiger partial charge in [-0.25, -0.2) is 9.97 Å². The maximum atomic E-state index is 13.4. The largest absolute Gasteiger partial charge is 0.496 e. The lowest BCUT2D eigenvalue weighted by atomic mass is 10.1. The van der Waals surface area contributed by atoms with Crippen molar-refractivity contribution in [1.82, 2.24) is 24.3 Å². The minimum absolute atomic E-state index is 0.0298. The molecule has 1 amide bonds. The first-order chi connectivity index (χ1) is 16.0. The van der Waals surface area contributed by atoms with E-state index >= 15 is 0 Å². The minimum atomic E-state index is -0.122. The summed E-state index contributed by atoms with van der Waals surface area (Å²) < 4.78 is 7.25. The average Bonchev–Trinajstić information content (AvgIpc) is 3.28. The quantitative estimate of drug-likeness (QED) is 0.611. The second kappa shape index (κ2) is 8.94. The third-order valence-corrected chi connectivity index (χ3v) is 6.73. The van der Waals surface area contributed by atoms with Crippen LogP contribution in [0.4, 0.5) is 0 Å². The van der Waals surface area contributed by atoms with Crippen LogP contribution in [0.3, 0.4) is 0 Å². The summed E-state index contributed by atoms with van der Waals surface area (Å²) in [7, 11) is 1.52. The molecule has 0 atom stereocenters. The van der Waals surface area contributed by atoms with Crippen molar-refractivity contribution in [2.24, 2.45) is 0 Å². The predicted molar refractivity (Wildman–Crippen MR) is 126 cm³/mol. The van der Waals surface area contributed by atoms with E-state index in [-0.39, 0.29) is 11.5 Å². The number of pyridine rings is 1. The molecule has 8 heteroatoms. The number of hydrogen-bond acceptors (Lipinski definition) is 6. The van der Waals surface area contributed by atoms with Gasteiger partial charge in [-0.05, 0) is 31.9 Å². The topological polar surface area (TPSA) is 80.6 Å². The zero-order valence-corrected chi connectivity index (χ0v) is 19.2. The number of carbonyl (C=O) groups is 1. The van der Waals surface area contributed by atoms with Gasteiger partial charge < -0.3 is 14.2 Å². The van der Waals surface area contributed by atoms with Gasteiger partial charge in [-0.3, -0.25) is 14.5 Å². The number of rotatable bonds is 4. The monoisotopic (exact) mass is 447 g/mol. The standard InChI is InChI=1S/C25H29N5O3/c1-17-20(27-19-8-4-3-7-18(19)26-17)16-28-12-9-21-24(25(32)29-10-5-6-11-29)22(33-2)15-23(31)30(21)14-13-28/h3-4,7-8,15H,5-6,9-14,16H2,1-2H3. The molecule has 2 aromatic heterocycles. The fourth-order valence-corrected chi connectivity index (χ4v) is 4.91.